The molecule has 8 nitrogen and oxygen atoms in total. The molecule has 2 N–H and O–H groups in total. The summed E-state index contributed by atoms with van der Waals surface area (Å²) in [5, 5.41) is 9.84. The van der Waals surface area contributed by atoms with Crippen LogP contribution in [-0.4, -0.2) is 31.5 Å². The highest BCUT2D eigenvalue weighted by atomic mass is 35.5. The maximum absolute atomic E-state index is 14.6. The molecular formula is C27H26ClFN4O4. The van der Waals surface area contributed by atoms with Gasteiger partial charge in [-0.1, -0.05) is 35.0 Å². The van der Waals surface area contributed by atoms with E-state index in [-0.39, 0.29) is 5.56 Å². The van der Waals surface area contributed by atoms with Crippen molar-refractivity contribution in [3.05, 3.63) is 89.2 Å². The summed E-state index contributed by atoms with van der Waals surface area (Å²) in [5.41, 5.74) is 1.69. The highest BCUT2D eigenvalue weighted by molar-refractivity contribution is 6.30. The molecule has 37 heavy (non-hydrogen) atoms. The average molecular weight is 525 g/mol. The smallest absolute Gasteiger partial charge is 0.412 e. The van der Waals surface area contributed by atoms with Crippen molar-refractivity contribution in [1.29, 1.82) is 0 Å². The van der Waals surface area contributed by atoms with Gasteiger partial charge in [0.2, 0.25) is 6.10 Å². The lowest BCUT2D eigenvalue weighted by molar-refractivity contribution is -0.124. The Morgan fingerprint density at radius 2 is 1.65 bits per heavy atom. The normalized spacial score (nSPS) is 15.1. The zero-order valence-corrected chi connectivity index (χ0v) is 20.9. The molecule has 10 heteroatoms. The van der Waals surface area contributed by atoms with E-state index in [9.17, 15) is 14.0 Å². The number of nitrogens with one attached hydrogen (secondary N) is 2. The van der Waals surface area contributed by atoms with Crippen LogP contribution in [0.5, 0.6) is 0 Å². The molecule has 0 radical (unpaired) electrons. The summed E-state index contributed by atoms with van der Waals surface area (Å²) in [6.07, 6.45) is 0.426. The Hall–Kier alpha value is -4.11. The summed E-state index contributed by atoms with van der Waals surface area (Å²) < 4.78 is 20.0. The van der Waals surface area contributed by atoms with Crippen molar-refractivity contribution in [2.75, 3.05) is 29.2 Å². The maximum Gasteiger partial charge on any atom is 0.412 e. The van der Waals surface area contributed by atoms with Gasteiger partial charge in [0.05, 0.1) is 0 Å². The molecule has 0 aromatic heterocycles. The fourth-order valence-electron chi connectivity index (χ4n) is 3.96. The van der Waals surface area contributed by atoms with E-state index in [1.165, 1.54) is 25.3 Å². The average Bonchev–Trinajstić information content (AvgIpc) is 2.90. The second-order valence-corrected chi connectivity index (χ2v) is 8.71. The first-order valence-corrected chi connectivity index (χ1v) is 12.1. The van der Waals surface area contributed by atoms with Crippen molar-refractivity contribution in [3.8, 4) is 0 Å². The van der Waals surface area contributed by atoms with E-state index in [0.717, 1.165) is 37.3 Å². The summed E-state index contributed by atoms with van der Waals surface area (Å²) in [6.45, 7) is 0.805. The van der Waals surface area contributed by atoms with Gasteiger partial charge in [-0.25, -0.2) is 9.18 Å². The Morgan fingerprint density at radius 3 is 2.35 bits per heavy atom. The predicted octanol–water partition coefficient (Wildman–Crippen LogP) is 6.36. The molecule has 1 saturated heterocycles. The van der Waals surface area contributed by atoms with Gasteiger partial charge in [-0.05, 0) is 67.4 Å². The van der Waals surface area contributed by atoms with E-state index in [1.807, 2.05) is 12.1 Å². The number of carbonyl (C=O) groups excluding carboxylic acids is 2. The van der Waals surface area contributed by atoms with Crippen LogP contribution in [0.4, 0.5) is 26.2 Å². The van der Waals surface area contributed by atoms with Gasteiger partial charge in [0, 0.05) is 40.6 Å². The second kappa shape index (κ2) is 12.2. The summed E-state index contributed by atoms with van der Waals surface area (Å²) in [6, 6.07) is 19.1. The zero-order valence-electron chi connectivity index (χ0n) is 20.1. The van der Waals surface area contributed by atoms with E-state index in [4.69, 9.17) is 21.2 Å². The van der Waals surface area contributed by atoms with Crippen LogP contribution < -0.4 is 15.5 Å². The third-order valence-electron chi connectivity index (χ3n) is 5.73. The quantitative estimate of drug-likeness (QED) is 0.351. The molecule has 3 aromatic carbocycles. The van der Waals surface area contributed by atoms with Crippen LogP contribution >= 0.6 is 11.6 Å². The van der Waals surface area contributed by atoms with Crippen molar-refractivity contribution in [2.24, 2.45) is 5.16 Å². The molecule has 0 bridgehead atoms. The zero-order chi connectivity index (χ0) is 26.2. The first kappa shape index (κ1) is 26.0. The Labute approximate surface area is 219 Å². The number of amides is 2. The molecule has 1 heterocycles. The van der Waals surface area contributed by atoms with Crippen LogP contribution in [0.15, 0.2) is 78.0 Å². The van der Waals surface area contributed by atoms with Gasteiger partial charge >= 0.3 is 6.09 Å². The van der Waals surface area contributed by atoms with Crippen LogP contribution in [0.2, 0.25) is 5.02 Å². The van der Waals surface area contributed by atoms with Crippen molar-refractivity contribution in [1.82, 2.24) is 0 Å². The topological polar surface area (TPSA) is 92.3 Å². The molecule has 0 aliphatic carbocycles. The van der Waals surface area contributed by atoms with Gasteiger partial charge in [0.1, 0.15) is 18.8 Å². The lowest BCUT2D eigenvalue weighted by Crippen LogP contribution is -2.35. The number of rotatable bonds is 7. The van der Waals surface area contributed by atoms with E-state index < -0.39 is 23.9 Å². The predicted molar refractivity (Wildman–Crippen MR) is 141 cm³/mol. The Balaban J connectivity index is 1.49. The first-order chi connectivity index (χ1) is 17.9. The van der Waals surface area contributed by atoms with Gasteiger partial charge in [0.25, 0.3) is 5.91 Å². The number of carbonyl (C=O) groups is 2. The minimum Gasteiger partial charge on any atom is -0.431 e. The first-order valence-electron chi connectivity index (χ1n) is 11.7. The highest BCUT2D eigenvalue weighted by Crippen LogP contribution is 2.26. The van der Waals surface area contributed by atoms with Gasteiger partial charge in [-0.3, -0.25) is 10.1 Å². The third-order valence-corrected chi connectivity index (χ3v) is 5.98. The standard InChI is InChI=1S/C27H26ClFN4O4/c1-36-32-24-8-4-5-17-33(24)21-15-13-19(14-16-21)30-26(34)25(22-6-2-3-7-23(22)29)37-27(35)31-20-11-9-18(28)10-12-20/h2-3,6-7,9-16,25H,4-5,8,17H2,1H3,(H,30,34)(H,31,35)/b32-24+. The van der Waals surface area contributed by atoms with Crippen molar-refractivity contribution in [3.63, 3.8) is 0 Å². The van der Waals surface area contributed by atoms with Crippen LogP contribution in [-0.2, 0) is 14.4 Å². The number of piperidine rings is 1. The lowest BCUT2D eigenvalue weighted by Gasteiger charge is -2.29. The summed E-state index contributed by atoms with van der Waals surface area (Å²) in [7, 11) is 1.52. The minimum absolute atomic E-state index is 0.0726. The number of anilines is 3. The Kier molecular flexibility index (Phi) is 8.58. The Bertz CT molecular complexity index is 1270. The number of hydrogen-bond donors (Lipinski definition) is 2. The SMILES string of the molecule is CO/N=C1\CCCCN1c1ccc(NC(=O)C(OC(=O)Nc2ccc(Cl)cc2)c2ccccc2F)cc1. The minimum atomic E-state index is -1.53. The molecule has 192 valence electrons. The van der Waals surface area contributed by atoms with Gasteiger partial charge in [-0.15, -0.1) is 0 Å². The summed E-state index contributed by atoms with van der Waals surface area (Å²) in [5.74, 6) is -0.540. The van der Waals surface area contributed by atoms with Crippen LogP contribution in [0.3, 0.4) is 0 Å². The van der Waals surface area contributed by atoms with Crippen molar-refractivity contribution < 1.29 is 23.6 Å². The number of halogens is 2. The molecule has 1 fully saturated rings. The fourth-order valence-corrected chi connectivity index (χ4v) is 4.09. The number of ether oxygens (including phenoxy) is 1. The molecule has 1 aliphatic heterocycles. The number of hydrogen-bond acceptors (Lipinski definition) is 5. The van der Waals surface area contributed by atoms with E-state index in [1.54, 1.807) is 42.5 Å². The molecule has 0 spiro atoms. The van der Waals surface area contributed by atoms with Crippen molar-refractivity contribution >= 4 is 46.5 Å². The summed E-state index contributed by atoms with van der Waals surface area (Å²) >= 11 is 5.87. The lowest BCUT2D eigenvalue weighted by atomic mass is 10.1. The van der Waals surface area contributed by atoms with Crippen molar-refractivity contribution in [2.45, 2.75) is 25.4 Å². The van der Waals surface area contributed by atoms with Crippen LogP contribution in [0, 0.1) is 5.82 Å². The number of oxime groups is 1. The molecule has 1 unspecified atom stereocenters. The molecule has 0 saturated carbocycles. The molecule has 2 amide bonds. The molecule has 1 aliphatic rings. The molecule has 1 atom stereocenters. The second-order valence-electron chi connectivity index (χ2n) is 8.27. The van der Waals surface area contributed by atoms with Gasteiger partial charge in [-0.2, -0.15) is 0 Å². The monoisotopic (exact) mass is 524 g/mol. The van der Waals surface area contributed by atoms with E-state index >= 15 is 0 Å². The van der Waals surface area contributed by atoms with E-state index in [2.05, 4.69) is 20.7 Å². The maximum atomic E-state index is 14.6. The number of amidine groups is 1. The molecule has 4 rings (SSSR count). The van der Waals surface area contributed by atoms with Crippen LogP contribution in [0.1, 0.15) is 30.9 Å². The molecule has 3 aromatic rings. The third kappa shape index (κ3) is 6.77. The van der Waals surface area contributed by atoms with Gasteiger partial charge in [0.15, 0.2) is 0 Å². The summed E-state index contributed by atoms with van der Waals surface area (Å²) in [4.78, 5) is 32.8. The Morgan fingerprint density at radius 1 is 0.973 bits per heavy atom. The number of nitrogens with zero attached hydrogens (tertiary/aromatic N) is 2. The number of benzene rings is 3. The highest BCUT2D eigenvalue weighted by Gasteiger charge is 2.28. The van der Waals surface area contributed by atoms with Crippen LogP contribution in [0.25, 0.3) is 0 Å². The van der Waals surface area contributed by atoms with E-state index in [0.29, 0.717) is 16.4 Å². The largest absolute Gasteiger partial charge is 0.431 e. The van der Waals surface area contributed by atoms with Gasteiger partial charge < -0.3 is 19.8 Å². The fraction of sp³-hybridized carbons (Fsp3) is 0.222. The molecular weight excluding hydrogens is 499 g/mol.